The van der Waals surface area contributed by atoms with Gasteiger partial charge in [0.05, 0.1) is 4.88 Å². The summed E-state index contributed by atoms with van der Waals surface area (Å²) in [5.74, 6) is -1.53. The summed E-state index contributed by atoms with van der Waals surface area (Å²) < 4.78 is 1.04. The Morgan fingerprint density at radius 2 is 2.08 bits per heavy atom. The lowest BCUT2D eigenvalue weighted by Crippen LogP contribution is -2.44. The Bertz CT molecular complexity index is 768. The molecule has 0 bridgehead atoms. The third-order valence-electron chi connectivity index (χ3n) is 3.27. The van der Waals surface area contributed by atoms with Gasteiger partial charge < -0.3 is 10.4 Å². The fourth-order valence-electron chi connectivity index (χ4n) is 2.19. The molecule has 2 aromatic heterocycles. The molecule has 0 saturated heterocycles. The normalized spacial score (nSPS) is 12.1. The fraction of sp³-hybridized carbons (Fsp3) is 0.375. The molecule has 0 radical (unpaired) electrons. The van der Waals surface area contributed by atoms with E-state index in [1.807, 2.05) is 31.4 Å². The molecule has 0 fully saturated rings. The number of carboxylic acid groups (broad SMARTS) is 1. The van der Waals surface area contributed by atoms with Crippen molar-refractivity contribution >= 4 is 23.2 Å². The molecule has 0 aliphatic heterocycles. The van der Waals surface area contributed by atoms with Gasteiger partial charge in [0, 0.05) is 6.07 Å². The molecule has 128 valence electrons. The molecule has 1 amide bonds. The lowest BCUT2D eigenvalue weighted by atomic mass is 10.0. The Labute approximate surface area is 142 Å². The second-order valence-electron chi connectivity index (χ2n) is 5.78. The second kappa shape index (κ2) is 7.87. The van der Waals surface area contributed by atoms with Crippen LogP contribution < -0.4 is 10.9 Å². The summed E-state index contributed by atoms with van der Waals surface area (Å²) >= 11 is 1.47. The molecule has 2 N–H and O–H groups in total. The van der Waals surface area contributed by atoms with Gasteiger partial charge in [-0.15, -0.1) is 11.3 Å². The summed E-state index contributed by atoms with van der Waals surface area (Å²) in [6, 6.07) is 5.70. The number of aliphatic carboxylic acids is 1. The number of amides is 1. The average Bonchev–Trinajstić information content (AvgIpc) is 3.02. The van der Waals surface area contributed by atoms with Crippen LogP contribution in [0.25, 0.3) is 10.6 Å². The number of carbonyl (C=O) groups is 2. The maximum Gasteiger partial charge on any atom is 0.326 e. The van der Waals surface area contributed by atoms with Crippen molar-refractivity contribution in [2.75, 3.05) is 0 Å². The molecule has 0 aliphatic rings. The highest BCUT2D eigenvalue weighted by atomic mass is 32.1. The molecule has 0 unspecified atom stereocenters. The molecule has 0 saturated carbocycles. The fourth-order valence-corrected chi connectivity index (χ4v) is 2.88. The van der Waals surface area contributed by atoms with E-state index in [4.69, 9.17) is 5.11 Å². The van der Waals surface area contributed by atoms with Crippen LogP contribution in [-0.2, 0) is 16.1 Å². The van der Waals surface area contributed by atoms with Gasteiger partial charge in [-0.3, -0.25) is 9.59 Å². The van der Waals surface area contributed by atoms with Crippen molar-refractivity contribution in [1.82, 2.24) is 15.1 Å². The van der Waals surface area contributed by atoms with E-state index in [1.54, 1.807) is 6.07 Å². The van der Waals surface area contributed by atoms with E-state index in [-0.39, 0.29) is 12.5 Å². The first-order valence-corrected chi connectivity index (χ1v) is 8.39. The van der Waals surface area contributed by atoms with Crippen molar-refractivity contribution in [3.8, 4) is 10.6 Å². The number of carbonyl (C=O) groups excluding carboxylic acids is 1. The van der Waals surface area contributed by atoms with Crippen LogP contribution in [0.2, 0.25) is 0 Å². The molecule has 2 aromatic rings. The van der Waals surface area contributed by atoms with E-state index in [1.165, 1.54) is 17.4 Å². The number of nitrogens with one attached hydrogen (secondary N) is 1. The highest BCUT2D eigenvalue weighted by molar-refractivity contribution is 7.13. The van der Waals surface area contributed by atoms with Crippen LogP contribution in [0.5, 0.6) is 0 Å². The van der Waals surface area contributed by atoms with Gasteiger partial charge >= 0.3 is 5.97 Å². The minimum atomic E-state index is -1.09. The maximum absolute atomic E-state index is 12.1. The summed E-state index contributed by atoms with van der Waals surface area (Å²) in [7, 11) is 0. The minimum absolute atomic E-state index is 0.120. The van der Waals surface area contributed by atoms with Crippen molar-refractivity contribution in [3.05, 3.63) is 40.0 Å². The Morgan fingerprint density at radius 1 is 1.33 bits per heavy atom. The van der Waals surface area contributed by atoms with Gasteiger partial charge in [0.2, 0.25) is 5.91 Å². The number of nitrogens with zero attached hydrogens (tertiary/aromatic N) is 2. The van der Waals surface area contributed by atoms with Crippen molar-refractivity contribution < 1.29 is 14.7 Å². The molecule has 8 heteroatoms. The zero-order valence-electron chi connectivity index (χ0n) is 13.4. The first kappa shape index (κ1) is 17.9. The molecule has 24 heavy (non-hydrogen) atoms. The zero-order chi connectivity index (χ0) is 17.7. The molecular formula is C16H19N3O4S. The minimum Gasteiger partial charge on any atom is -0.480 e. The van der Waals surface area contributed by atoms with Gasteiger partial charge in [0.25, 0.3) is 5.56 Å². The SMILES string of the molecule is CC(C)C[C@@H](NC(=O)Cn1nc(-c2cccs2)ccc1=O)C(=O)O. The summed E-state index contributed by atoms with van der Waals surface area (Å²) in [6.07, 6.45) is 0.318. The molecule has 0 aliphatic carbocycles. The summed E-state index contributed by atoms with van der Waals surface area (Å²) in [5, 5.41) is 17.7. The highest BCUT2D eigenvalue weighted by Gasteiger charge is 2.21. The Kier molecular flexibility index (Phi) is 5.86. The van der Waals surface area contributed by atoms with Crippen LogP contribution in [0.3, 0.4) is 0 Å². The van der Waals surface area contributed by atoms with Crippen molar-refractivity contribution in [2.45, 2.75) is 32.9 Å². The Hall–Kier alpha value is -2.48. The Balaban J connectivity index is 2.12. The van der Waals surface area contributed by atoms with Crippen LogP contribution in [0.15, 0.2) is 34.4 Å². The second-order valence-corrected chi connectivity index (χ2v) is 6.73. The van der Waals surface area contributed by atoms with Crippen molar-refractivity contribution in [1.29, 1.82) is 0 Å². The van der Waals surface area contributed by atoms with Gasteiger partial charge in [-0.05, 0) is 29.9 Å². The number of thiophene rings is 1. The number of rotatable bonds is 7. The standard InChI is InChI=1S/C16H19N3O4S/c1-10(2)8-12(16(22)23)17-14(20)9-19-15(21)6-5-11(18-19)13-4-3-7-24-13/h3-7,10,12H,8-9H2,1-2H3,(H,17,20)(H,22,23)/t12-/m1/s1. The van der Waals surface area contributed by atoms with Crippen LogP contribution >= 0.6 is 11.3 Å². The van der Waals surface area contributed by atoms with E-state index in [0.29, 0.717) is 12.1 Å². The first-order valence-electron chi connectivity index (χ1n) is 7.51. The molecular weight excluding hydrogens is 330 g/mol. The van der Waals surface area contributed by atoms with Gasteiger partial charge in [-0.2, -0.15) is 5.10 Å². The maximum atomic E-state index is 12.1. The predicted molar refractivity (Wildman–Crippen MR) is 90.8 cm³/mol. The van der Waals surface area contributed by atoms with Crippen LogP contribution in [0, 0.1) is 5.92 Å². The molecule has 0 aromatic carbocycles. The average molecular weight is 349 g/mol. The van der Waals surface area contributed by atoms with Crippen LogP contribution in [-0.4, -0.2) is 32.8 Å². The first-order chi connectivity index (χ1) is 11.4. The Morgan fingerprint density at radius 3 is 2.67 bits per heavy atom. The quantitative estimate of drug-likeness (QED) is 0.790. The number of hydrogen-bond acceptors (Lipinski definition) is 5. The predicted octanol–water partition coefficient (Wildman–Crippen LogP) is 1.59. The third-order valence-corrected chi connectivity index (χ3v) is 4.17. The van der Waals surface area contributed by atoms with E-state index < -0.39 is 23.5 Å². The smallest absolute Gasteiger partial charge is 0.326 e. The zero-order valence-corrected chi connectivity index (χ0v) is 14.2. The molecule has 0 spiro atoms. The third kappa shape index (κ3) is 4.76. The van der Waals surface area contributed by atoms with Crippen LogP contribution in [0.4, 0.5) is 0 Å². The molecule has 2 heterocycles. The molecule has 7 nitrogen and oxygen atoms in total. The number of aromatic nitrogens is 2. The molecule has 1 atom stereocenters. The van der Waals surface area contributed by atoms with E-state index in [0.717, 1.165) is 9.56 Å². The lowest BCUT2D eigenvalue weighted by molar-refractivity contribution is -0.142. The largest absolute Gasteiger partial charge is 0.480 e. The van der Waals surface area contributed by atoms with Gasteiger partial charge in [-0.1, -0.05) is 19.9 Å². The number of carboxylic acids is 1. The summed E-state index contributed by atoms with van der Waals surface area (Å²) in [4.78, 5) is 36.1. The topological polar surface area (TPSA) is 101 Å². The van der Waals surface area contributed by atoms with Crippen molar-refractivity contribution in [3.63, 3.8) is 0 Å². The van der Waals surface area contributed by atoms with Crippen LogP contribution in [0.1, 0.15) is 20.3 Å². The lowest BCUT2D eigenvalue weighted by Gasteiger charge is -2.16. The monoisotopic (exact) mass is 349 g/mol. The number of hydrogen-bond donors (Lipinski definition) is 2. The van der Waals surface area contributed by atoms with E-state index >= 15 is 0 Å². The highest BCUT2D eigenvalue weighted by Crippen LogP contribution is 2.20. The van der Waals surface area contributed by atoms with Gasteiger partial charge in [-0.25, -0.2) is 9.48 Å². The van der Waals surface area contributed by atoms with Gasteiger partial charge in [0.1, 0.15) is 18.3 Å². The summed E-state index contributed by atoms with van der Waals surface area (Å²) in [6.45, 7) is 3.43. The van der Waals surface area contributed by atoms with Crippen molar-refractivity contribution in [2.24, 2.45) is 5.92 Å². The van der Waals surface area contributed by atoms with E-state index in [2.05, 4.69) is 10.4 Å². The van der Waals surface area contributed by atoms with Gasteiger partial charge in [0.15, 0.2) is 0 Å². The summed E-state index contributed by atoms with van der Waals surface area (Å²) in [5.41, 5.74) is 0.176. The molecule has 2 rings (SSSR count). The van der Waals surface area contributed by atoms with E-state index in [9.17, 15) is 14.4 Å².